The number of imidazole rings is 1. The lowest BCUT2D eigenvalue weighted by Gasteiger charge is -2.16. The molecule has 11 nitrogen and oxygen atoms in total. The second kappa shape index (κ2) is 8.13. The van der Waals surface area contributed by atoms with Gasteiger partial charge in [0, 0.05) is 6.54 Å². The summed E-state index contributed by atoms with van der Waals surface area (Å²) in [5.41, 5.74) is 1.63. The van der Waals surface area contributed by atoms with Crippen LogP contribution in [0.4, 0.5) is 5.82 Å². The van der Waals surface area contributed by atoms with Crippen molar-refractivity contribution in [2.45, 2.75) is 31.1 Å². The zero-order chi connectivity index (χ0) is 21.4. The van der Waals surface area contributed by atoms with Crippen molar-refractivity contribution in [3.63, 3.8) is 0 Å². The quantitative estimate of drug-likeness (QED) is 0.342. The minimum Gasteiger partial charge on any atom is -0.478 e. The molecular weight excluding hydrogens is 418 g/mol. The summed E-state index contributed by atoms with van der Waals surface area (Å²) in [6.07, 6.45) is -3.13. The van der Waals surface area contributed by atoms with Crippen LogP contribution in [-0.4, -0.2) is 70.8 Å². The van der Waals surface area contributed by atoms with Gasteiger partial charge in [0.05, 0.1) is 18.5 Å². The third-order valence-corrected chi connectivity index (χ3v) is 5.02. The number of aliphatic hydroxyl groups is 3. The maximum atomic E-state index is 11.0. The van der Waals surface area contributed by atoms with Crippen molar-refractivity contribution in [3.8, 4) is 0 Å². The van der Waals surface area contributed by atoms with Crippen LogP contribution in [0.1, 0.15) is 22.1 Å². The number of aliphatic hydroxyl groups excluding tert-OH is 3. The standard InChI is InChI=1S/C18H18ClN5O6/c19-18-22-14(20-5-8-1-3-9(4-2-8)17(28)29)11-15(23-18)24(7-21-11)16-13(27)12(26)10(6-25)30-16/h1-4,7,10,12-13,16,25-27H,5-6H2,(H,28,29)(H,20,22,23). The van der Waals surface area contributed by atoms with Gasteiger partial charge in [-0.15, -0.1) is 0 Å². The Morgan fingerprint density at radius 3 is 2.57 bits per heavy atom. The van der Waals surface area contributed by atoms with Crippen molar-refractivity contribution in [1.82, 2.24) is 19.5 Å². The second-order valence-corrected chi connectivity index (χ2v) is 7.09. The number of ether oxygens (including phenoxy) is 1. The Kier molecular flexibility index (Phi) is 5.54. The van der Waals surface area contributed by atoms with E-state index in [-0.39, 0.29) is 16.5 Å². The maximum absolute atomic E-state index is 11.0. The third kappa shape index (κ3) is 3.68. The largest absolute Gasteiger partial charge is 0.478 e. The number of nitrogens with one attached hydrogen (secondary N) is 1. The molecule has 0 bridgehead atoms. The zero-order valence-electron chi connectivity index (χ0n) is 15.4. The predicted molar refractivity (Wildman–Crippen MR) is 104 cm³/mol. The molecule has 2 aromatic heterocycles. The Balaban J connectivity index is 1.60. The van der Waals surface area contributed by atoms with E-state index in [1.54, 1.807) is 12.1 Å². The minimum absolute atomic E-state index is 0.0697. The number of aromatic nitrogens is 4. The zero-order valence-corrected chi connectivity index (χ0v) is 16.1. The highest BCUT2D eigenvalue weighted by Crippen LogP contribution is 2.32. The molecule has 0 saturated carbocycles. The maximum Gasteiger partial charge on any atom is 0.335 e. The predicted octanol–water partition coefficient (Wildman–Crippen LogP) is 0.401. The van der Waals surface area contributed by atoms with Crippen molar-refractivity contribution in [1.29, 1.82) is 0 Å². The normalized spacial score (nSPS) is 23.7. The van der Waals surface area contributed by atoms with Gasteiger partial charge < -0.3 is 30.5 Å². The molecule has 12 heteroatoms. The van der Waals surface area contributed by atoms with E-state index < -0.39 is 37.1 Å². The molecule has 4 rings (SSSR count). The van der Waals surface area contributed by atoms with Crippen LogP contribution in [0.3, 0.4) is 0 Å². The number of carbonyl (C=O) groups is 1. The van der Waals surface area contributed by atoms with Gasteiger partial charge in [-0.1, -0.05) is 12.1 Å². The molecule has 0 spiro atoms. The molecule has 1 aromatic carbocycles. The third-order valence-electron chi connectivity index (χ3n) is 4.85. The highest BCUT2D eigenvalue weighted by molar-refractivity contribution is 6.28. The number of fused-ring (bicyclic) bond motifs is 1. The number of anilines is 1. The topological polar surface area (TPSA) is 163 Å². The molecule has 5 N–H and O–H groups in total. The molecule has 1 aliphatic rings. The monoisotopic (exact) mass is 435 g/mol. The molecule has 4 atom stereocenters. The van der Waals surface area contributed by atoms with Crippen molar-refractivity contribution in [2.75, 3.05) is 11.9 Å². The first-order chi connectivity index (χ1) is 14.4. The lowest BCUT2D eigenvalue weighted by Crippen LogP contribution is -2.33. The molecular formula is C18H18ClN5O6. The molecule has 1 fully saturated rings. The molecule has 30 heavy (non-hydrogen) atoms. The lowest BCUT2D eigenvalue weighted by atomic mass is 10.1. The van der Waals surface area contributed by atoms with E-state index in [0.29, 0.717) is 17.9 Å². The number of aromatic carboxylic acids is 1. The Hall–Kier alpha value is -2.83. The highest BCUT2D eigenvalue weighted by Gasteiger charge is 2.44. The molecule has 1 saturated heterocycles. The van der Waals surface area contributed by atoms with Crippen LogP contribution in [0.15, 0.2) is 30.6 Å². The summed E-state index contributed by atoms with van der Waals surface area (Å²) < 4.78 is 6.94. The number of benzene rings is 1. The average Bonchev–Trinajstić information content (AvgIpc) is 3.27. The number of nitrogens with zero attached hydrogens (tertiary/aromatic N) is 4. The smallest absolute Gasteiger partial charge is 0.335 e. The number of rotatable bonds is 6. The van der Waals surface area contributed by atoms with Crippen molar-refractivity contribution < 1.29 is 30.0 Å². The van der Waals surface area contributed by atoms with Crippen LogP contribution in [0, 0.1) is 0 Å². The van der Waals surface area contributed by atoms with Gasteiger partial charge in [-0.25, -0.2) is 9.78 Å². The van der Waals surface area contributed by atoms with Crippen molar-refractivity contribution in [2.24, 2.45) is 0 Å². The van der Waals surface area contributed by atoms with E-state index in [9.17, 15) is 20.1 Å². The van der Waals surface area contributed by atoms with E-state index in [2.05, 4.69) is 20.3 Å². The fourth-order valence-electron chi connectivity index (χ4n) is 3.26. The van der Waals surface area contributed by atoms with Gasteiger partial charge in [0.25, 0.3) is 0 Å². The average molecular weight is 436 g/mol. The molecule has 0 radical (unpaired) electrons. The molecule has 1 aliphatic heterocycles. The summed E-state index contributed by atoms with van der Waals surface area (Å²) in [5.74, 6) is -0.674. The van der Waals surface area contributed by atoms with Crippen LogP contribution in [-0.2, 0) is 11.3 Å². The summed E-state index contributed by atoms with van der Waals surface area (Å²) in [4.78, 5) is 23.5. The van der Waals surface area contributed by atoms with Gasteiger partial charge in [0.2, 0.25) is 5.28 Å². The first kappa shape index (κ1) is 20.4. The Morgan fingerprint density at radius 1 is 1.20 bits per heavy atom. The molecule has 3 heterocycles. The van der Waals surface area contributed by atoms with Gasteiger partial charge in [0.15, 0.2) is 23.2 Å². The Bertz CT molecular complexity index is 1070. The molecule has 3 aromatic rings. The van der Waals surface area contributed by atoms with E-state index in [1.807, 2.05) is 0 Å². The van der Waals surface area contributed by atoms with Gasteiger partial charge in [-0.05, 0) is 29.3 Å². The van der Waals surface area contributed by atoms with Gasteiger partial charge >= 0.3 is 5.97 Å². The minimum atomic E-state index is -1.29. The molecule has 158 valence electrons. The van der Waals surface area contributed by atoms with Crippen LogP contribution >= 0.6 is 11.6 Å². The molecule has 0 aliphatic carbocycles. The van der Waals surface area contributed by atoms with Gasteiger partial charge in [-0.2, -0.15) is 9.97 Å². The number of carboxylic acids is 1. The summed E-state index contributed by atoms with van der Waals surface area (Å²) >= 11 is 6.06. The van der Waals surface area contributed by atoms with Crippen LogP contribution in [0.2, 0.25) is 5.28 Å². The summed E-state index contributed by atoms with van der Waals surface area (Å²) in [5, 5.41) is 41.5. The number of carboxylic acid groups (broad SMARTS) is 1. The van der Waals surface area contributed by atoms with Crippen molar-refractivity contribution in [3.05, 3.63) is 47.0 Å². The van der Waals surface area contributed by atoms with Crippen LogP contribution in [0.5, 0.6) is 0 Å². The first-order valence-electron chi connectivity index (χ1n) is 8.97. The SMILES string of the molecule is O=C(O)c1ccc(CNc2nc(Cl)nc3c2ncn3C2OC(CO)C(O)C2O)cc1. The van der Waals surface area contributed by atoms with Gasteiger partial charge in [0.1, 0.15) is 18.3 Å². The van der Waals surface area contributed by atoms with E-state index in [1.165, 1.54) is 23.0 Å². The van der Waals surface area contributed by atoms with Gasteiger partial charge in [-0.3, -0.25) is 4.57 Å². The fourth-order valence-corrected chi connectivity index (χ4v) is 3.42. The summed E-state index contributed by atoms with van der Waals surface area (Å²) in [6.45, 7) is -0.131. The number of hydrogen-bond donors (Lipinski definition) is 5. The number of hydrogen-bond acceptors (Lipinski definition) is 9. The molecule has 4 unspecified atom stereocenters. The summed E-state index contributed by atoms with van der Waals surface area (Å²) in [7, 11) is 0. The fraction of sp³-hybridized carbons (Fsp3) is 0.333. The highest BCUT2D eigenvalue weighted by atomic mass is 35.5. The van der Waals surface area contributed by atoms with Crippen LogP contribution in [0.25, 0.3) is 11.2 Å². The van der Waals surface area contributed by atoms with E-state index >= 15 is 0 Å². The molecule has 0 amide bonds. The second-order valence-electron chi connectivity index (χ2n) is 6.75. The van der Waals surface area contributed by atoms with E-state index in [0.717, 1.165) is 5.56 Å². The number of halogens is 1. The van der Waals surface area contributed by atoms with Crippen molar-refractivity contribution >= 4 is 34.6 Å². The Labute approximate surface area is 174 Å². The first-order valence-corrected chi connectivity index (χ1v) is 9.35. The lowest BCUT2D eigenvalue weighted by molar-refractivity contribution is -0.0511. The summed E-state index contributed by atoms with van der Waals surface area (Å²) in [6, 6.07) is 6.35. The Morgan fingerprint density at radius 2 is 1.93 bits per heavy atom. The van der Waals surface area contributed by atoms with E-state index in [4.69, 9.17) is 21.4 Å². The van der Waals surface area contributed by atoms with Crippen LogP contribution < -0.4 is 5.32 Å².